The van der Waals surface area contributed by atoms with Crippen LogP contribution in [0.5, 0.6) is 0 Å². The molecule has 0 heterocycles. The Morgan fingerprint density at radius 3 is 2.50 bits per heavy atom. The van der Waals surface area contributed by atoms with E-state index >= 15 is 0 Å². The van der Waals surface area contributed by atoms with Crippen LogP contribution in [0.3, 0.4) is 0 Å². The second kappa shape index (κ2) is 5.19. The topological polar surface area (TPSA) is 81.5 Å². The molecule has 80 valence electrons. The fraction of sp³-hybridized carbons (Fsp3) is 0.111. The zero-order chi connectivity index (χ0) is 12.1. The third-order valence-corrected chi connectivity index (χ3v) is 2.40. The highest BCUT2D eigenvalue weighted by Gasteiger charge is 2.25. The first-order valence-corrected chi connectivity index (χ1v) is 4.70. The summed E-state index contributed by atoms with van der Waals surface area (Å²) in [6, 6.07) is 0. The minimum atomic E-state index is -0.767. The van der Waals surface area contributed by atoms with Crippen LogP contribution in [-0.2, 0) is 4.74 Å². The van der Waals surface area contributed by atoms with Crippen molar-refractivity contribution in [3.63, 3.8) is 0 Å². The van der Waals surface area contributed by atoms with E-state index in [4.69, 9.17) is 15.3 Å². The van der Waals surface area contributed by atoms with Gasteiger partial charge in [-0.3, -0.25) is 0 Å². The van der Waals surface area contributed by atoms with Crippen LogP contribution in [0.2, 0.25) is 0 Å². The van der Waals surface area contributed by atoms with Crippen molar-refractivity contribution in [1.29, 1.82) is 10.5 Å². The zero-order valence-corrected chi connectivity index (χ0v) is 9.62. The number of hydrogen-bond acceptors (Lipinski definition) is 5. The molecule has 0 N–H and O–H groups in total. The first-order chi connectivity index (χ1) is 7.65. The molecule has 0 amide bonds. The largest absolute Gasteiger partial charge is 0.494 e. The van der Waals surface area contributed by atoms with Gasteiger partial charge in [0, 0.05) is 6.08 Å². The Labute approximate surface area is 99.0 Å². The lowest BCUT2D eigenvalue weighted by molar-refractivity contribution is 0.315. The summed E-state index contributed by atoms with van der Waals surface area (Å²) in [7, 11) is 1.34. The van der Waals surface area contributed by atoms with E-state index in [2.05, 4.69) is 25.9 Å². The Balaban J connectivity index is 3.38. The molecule has 1 aliphatic carbocycles. The molecule has 1 aliphatic rings. The Morgan fingerprint density at radius 2 is 2.00 bits per heavy atom. The summed E-state index contributed by atoms with van der Waals surface area (Å²) in [5, 5.41) is 16.8. The van der Waals surface area contributed by atoms with E-state index in [0.717, 1.165) is 0 Å². The van der Waals surface area contributed by atoms with Crippen molar-refractivity contribution in [2.24, 2.45) is 9.98 Å². The first kappa shape index (κ1) is 12.1. The highest BCUT2D eigenvalue weighted by atomic mass is 79.9. The van der Waals surface area contributed by atoms with E-state index in [1.807, 2.05) is 0 Å². The number of methoxy groups -OCH3 is 1. The van der Waals surface area contributed by atoms with Crippen LogP contribution in [0.15, 0.2) is 32.1 Å². The van der Waals surface area contributed by atoms with Crippen molar-refractivity contribution < 1.29 is 9.13 Å². The molecule has 16 heavy (non-hydrogen) atoms. The maximum absolute atomic E-state index is 13.6. The molecule has 0 fully saturated rings. The van der Waals surface area contributed by atoms with E-state index in [-0.39, 0.29) is 21.7 Å². The molecule has 0 saturated heterocycles. The molecule has 0 unspecified atom stereocenters. The fourth-order valence-corrected chi connectivity index (χ4v) is 1.51. The van der Waals surface area contributed by atoms with Gasteiger partial charge in [-0.25, -0.2) is 4.39 Å². The standard InChI is InChI=1S/C9H4BrFN4O/c1-16-6-2-5(14-3-12)8(11)7(10)9(6)15-4-13/h2H,1H3. The smallest absolute Gasteiger partial charge is 0.206 e. The maximum Gasteiger partial charge on any atom is 0.206 e. The van der Waals surface area contributed by atoms with Gasteiger partial charge in [-0.2, -0.15) is 20.5 Å². The van der Waals surface area contributed by atoms with Crippen LogP contribution in [0.25, 0.3) is 0 Å². The number of hydrogen-bond donors (Lipinski definition) is 0. The Morgan fingerprint density at radius 1 is 1.38 bits per heavy atom. The molecule has 0 aromatic rings. The third kappa shape index (κ3) is 2.15. The van der Waals surface area contributed by atoms with Gasteiger partial charge in [0.15, 0.2) is 5.83 Å². The zero-order valence-electron chi connectivity index (χ0n) is 8.03. The summed E-state index contributed by atoms with van der Waals surface area (Å²) in [6.45, 7) is 0. The minimum absolute atomic E-state index is 0.0272. The third-order valence-electron chi connectivity index (χ3n) is 1.68. The molecule has 0 radical (unpaired) electrons. The van der Waals surface area contributed by atoms with Gasteiger partial charge in [0.2, 0.25) is 12.4 Å². The summed E-state index contributed by atoms with van der Waals surface area (Å²) in [6.07, 6.45) is 4.19. The van der Waals surface area contributed by atoms with E-state index in [9.17, 15) is 4.39 Å². The molecule has 0 spiro atoms. The van der Waals surface area contributed by atoms with Crippen molar-refractivity contribution in [1.82, 2.24) is 0 Å². The predicted octanol–water partition coefficient (Wildman–Crippen LogP) is 1.95. The predicted molar refractivity (Wildman–Crippen MR) is 58.2 cm³/mol. The minimum Gasteiger partial charge on any atom is -0.494 e. The van der Waals surface area contributed by atoms with Gasteiger partial charge < -0.3 is 4.74 Å². The van der Waals surface area contributed by atoms with Gasteiger partial charge in [0.05, 0.1) is 11.6 Å². The Kier molecular flexibility index (Phi) is 3.92. The molecular weight excluding hydrogens is 279 g/mol. The van der Waals surface area contributed by atoms with Crippen LogP contribution in [0.4, 0.5) is 4.39 Å². The van der Waals surface area contributed by atoms with Crippen LogP contribution < -0.4 is 0 Å². The Bertz CT molecular complexity index is 519. The van der Waals surface area contributed by atoms with E-state index < -0.39 is 5.83 Å². The molecule has 0 aromatic carbocycles. The first-order valence-electron chi connectivity index (χ1n) is 3.91. The van der Waals surface area contributed by atoms with E-state index in [0.29, 0.717) is 0 Å². The van der Waals surface area contributed by atoms with Gasteiger partial charge >= 0.3 is 0 Å². The highest BCUT2D eigenvalue weighted by molar-refractivity contribution is 9.12. The lowest BCUT2D eigenvalue weighted by atomic mass is 10.1. The molecule has 7 heteroatoms. The lowest BCUT2D eigenvalue weighted by Crippen LogP contribution is -2.16. The van der Waals surface area contributed by atoms with Crippen molar-refractivity contribution in [3.05, 3.63) is 22.1 Å². The van der Waals surface area contributed by atoms with Crippen LogP contribution >= 0.6 is 15.9 Å². The van der Waals surface area contributed by atoms with Gasteiger partial charge in [-0.15, -0.1) is 0 Å². The molecule has 0 bridgehead atoms. The lowest BCUT2D eigenvalue weighted by Gasteiger charge is -2.13. The van der Waals surface area contributed by atoms with Gasteiger partial charge in [0.25, 0.3) is 0 Å². The summed E-state index contributed by atoms with van der Waals surface area (Å²) < 4.78 is 18.4. The van der Waals surface area contributed by atoms with Gasteiger partial charge in [0.1, 0.15) is 17.2 Å². The fourth-order valence-electron chi connectivity index (χ4n) is 1.03. The maximum atomic E-state index is 13.6. The molecule has 1 rings (SSSR count). The molecular formula is C9H4BrFN4O. The number of halogens is 2. The van der Waals surface area contributed by atoms with Gasteiger partial charge in [-0.05, 0) is 15.9 Å². The summed E-state index contributed by atoms with van der Waals surface area (Å²) in [5.41, 5.74) is -0.150. The van der Waals surface area contributed by atoms with Crippen LogP contribution in [-0.4, -0.2) is 18.5 Å². The highest BCUT2D eigenvalue weighted by Crippen LogP contribution is 2.27. The number of aliphatic imine (C=N–C) groups is 2. The number of ether oxygens (including phenoxy) is 1. The van der Waals surface area contributed by atoms with Crippen LogP contribution in [0.1, 0.15) is 0 Å². The van der Waals surface area contributed by atoms with Gasteiger partial charge in [-0.1, -0.05) is 0 Å². The SMILES string of the molecule is COC1=CC(=NC#N)C(F)=C(Br)C1=NC#N. The second-order valence-electron chi connectivity index (χ2n) is 2.50. The summed E-state index contributed by atoms with van der Waals surface area (Å²) in [4.78, 5) is 6.68. The molecule has 0 aromatic heterocycles. The number of nitrogens with zero attached hydrogens (tertiary/aromatic N) is 4. The molecule has 0 atom stereocenters. The van der Waals surface area contributed by atoms with Crippen molar-refractivity contribution in [3.8, 4) is 12.4 Å². The monoisotopic (exact) mass is 282 g/mol. The van der Waals surface area contributed by atoms with Crippen molar-refractivity contribution in [2.75, 3.05) is 7.11 Å². The average Bonchev–Trinajstić information content (AvgIpc) is 2.29. The Hall–Kier alpha value is -1.99. The average molecular weight is 283 g/mol. The quantitative estimate of drug-likeness (QED) is 0.544. The number of nitriles is 2. The van der Waals surface area contributed by atoms with Crippen molar-refractivity contribution >= 4 is 27.4 Å². The summed E-state index contributed by atoms with van der Waals surface area (Å²) >= 11 is 2.92. The second-order valence-corrected chi connectivity index (χ2v) is 3.29. The molecule has 0 aliphatic heterocycles. The number of rotatable bonds is 1. The van der Waals surface area contributed by atoms with E-state index in [1.165, 1.54) is 25.6 Å². The summed E-state index contributed by atoms with van der Waals surface area (Å²) in [5.74, 6) is -0.611. The van der Waals surface area contributed by atoms with Crippen LogP contribution in [0, 0.1) is 22.9 Å². The van der Waals surface area contributed by atoms with E-state index in [1.54, 1.807) is 0 Å². The number of allylic oxidation sites excluding steroid dienone is 3. The molecule has 5 nitrogen and oxygen atoms in total. The molecule has 0 saturated carbocycles. The normalized spacial score (nSPS) is 20.4. The van der Waals surface area contributed by atoms with Crippen molar-refractivity contribution in [2.45, 2.75) is 0 Å².